The zero-order chi connectivity index (χ0) is 15.8. The van der Waals surface area contributed by atoms with Gasteiger partial charge in [-0.05, 0) is 28.7 Å². The summed E-state index contributed by atoms with van der Waals surface area (Å²) in [5.41, 5.74) is -1.25. The van der Waals surface area contributed by atoms with Crippen LogP contribution in [0.15, 0.2) is 32.6 Å². The Morgan fingerprint density at radius 2 is 1.67 bits per heavy atom. The Labute approximate surface area is 119 Å². The molecule has 0 radical (unpaired) electrons. The molecule has 0 aliphatic heterocycles. The molecule has 112 valence electrons. The highest BCUT2D eigenvalue weighted by atomic mass is 16.3. The smallest absolute Gasteiger partial charge is 0.333 e. The fourth-order valence-corrected chi connectivity index (χ4v) is 2.06. The lowest BCUT2D eigenvalue weighted by molar-refractivity contribution is 0.446. The number of hydrogen-bond acceptors (Lipinski definition) is 4. The highest BCUT2D eigenvalue weighted by Gasteiger charge is 2.18. The molecule has 0 saturated carbocycles. The molecule has 1 aromatic carbocycles. The summed E-state index contributed by atoms with van der Waals surface area (Å²) in [7, 11) is 0. The second-order valence-electron chi connectivity index (χ2n) is 5.88. The third-order valence-corrected chi connectivity index (χ3v) is 3.14. The number of rotatable bonds is 2. The molecule has 0 spiro atoms. The van der Waals surface area contributed by atoms with Crippen molar-refractivity contribution in [2.45, 2.75) is 32.7 Å². The van der Waals surface area contributed by atoms with Gasteiger partial charge in [0.1, 0.15) is 5.75 Å². The molecule has 0 bridgehead atoms. The summed E-state index contributed by atoms with van der Waals surface area (Å²) in [5.74, 6) is 0.161. The first-order chi connectivity index (χ1) is 9.68. The van der Waals surface area contributed by atoms with Gasteiger partial charge >= 0.3 is 17.1 Å². The lowest BCUT2D eigenvalue weighted by Crippen LogP contribution is -2.43. The van der Waals surface area contributed by atoms with Crippen molar-refractivity contribution in [3.05, 3.63) is 60.8 Å². The largest absolute Gasteiger partial charge is 0.508 e. The Kier molecular flexibility index (Phi) is 3.59. The molecule has 1 heterocycles. The molecule has 0 amide bonds. The predicted molar refractivity (Wildman–Crippen MR) is 77.9 cm³/mol. The van der Waals surface area contributed by atoms with Gasteiger partial charge in [0.05, 0.1) is 6.54 Å². The molecule has 3 N–H and O–H groups in total. The molecule has 21 heavy (non-hydrogen) atoms. The first-order valence-corrected chi connectivity index (χ1v) is 6.44. The molecule has 0 atom stereocenters. The molecule has 0 fully saturated rings. The molecule has 0 aliphatic rings. The SMILES string of the molecule is CC(C)(C)c1cc(Cn2c(=O)[nH]c(=O)[nH]c2=O)ccc1O. The lowest BCUT2D eigenvalue weighted by atomic mass is 9.85. The lowest BCUT2D eigenvalue weighted by Gasteiger charge is -2.21. The van der Waals surface area contributed by atoms with Gasteiger partial charge in [0.15, 0.2) is 0 Å². The summed E-state index contributed by atoms with van der Waals surface area (Å²) < 4.78 is 0.889. The van der Waals surface area contributed by atoms with E-state index in [4.69, 9.17) is 0 Å². The van der Waals surface area contributed by atoms with Crippen molar-refractivity contribution in [1.82, 2.24) is 14.5 Å². The average Bonchev–Trinajstić information content (AvgIpc) is 2.34. The molecule has 0 unspecified atom stereocenters. The second-order valence-corrected chi connectivity index (χ2v) is 5.88. The Morgan fingerprint density at radius 1 is 1.10 bits per heavy atom. The standard InChI is InChI=1S/C14H17N3O4/c1-14(2,3)9-6-8(4-5-10(9)18)7-17-12(20)15-11(19)16-13(17)21/h4-6,18H,7H2,1-3H3,(H2,15,16,19,20,21). The van der Waals surface area contributed by atoms with E-state index >= 15 is 0 Å². The third-order valence-electron chi connectivity index (χ3n) is 3.14. The average molecular weight is 291 g/mol. The van der Waals surface area contributed by atoms with Crippen LogP contribution in [0.5, 0.6) is 5.75 Å². The molecule has 0 aliphatic carbocycles. The van der Waals surface area contributed by atoms with Gasteiger partial charge in [0.25, 0.3) is 0 Å². The molecular formula is C14H17N3O4. The maximum atomic E-state index is 11.7. The number of hydrogen-bond donors (Lipinski definition) is 3. The van der Waals surface area contributed by atoms with Crippen LogP contribution in [0.2, 0.25) is 0 Å². The quantitative estimate of drug-likeness (QED) is 0.738. The zero-order valence-electron chi connectivity index (χ0n) is 12.1. The van der Waals surface area contributed by atoms with Crippen molar-refractivity contribution in [1.29, 1.82) is 0 Å². The zero-order valence-corrected chi connectivity index (χ0v) is 12.1. The van der Waals surface area contributed by atoms with Gasteiger partial charge in [0, 0.05) is 0 Å². The third kappa shape index (κ3) is 3.13. The van der Waals surface area contributed by atoms with E-state index in [0.717, 1.165) is 4.57 Å². The van der Waals surface area contributed by atoms with Gasteiger partial charge in [-0.1, -0.05) is 26.8 Å². The maximum absolute atomic E-state index is 11.7. The minimum absolute atomic E-state index is 0.00824. The maximum Gasteiger partial charge on any atom is 0.333 e. The molecule has 7 nitrogen and oxygen atoms in total. The molecular weight excluding hydrogens is 274 g/mol. The van der Waals surface area contributed by atoms with Crippen LogP contribution in [0, 0.1) is 0 Å². The molecule has 2 rings (SSSR count). The van der Waals surface area contributed by atoms with E-state index in [1.165, 1.54) is 6.07 Å². The topological polar surface area (TPSA) is 108 Å². The number of aromatic hydroxyl groups is 1. The normalized spacial score (nSPS) is 11.6. The Hall–Kier alpha value is -2.57. The Morgan fingerprint density at radius 3 is 2.19 bits per heavy atom. The van der Waals surface area contributed by atoms with E-state index in [2.05, 4.69) is 0 Å². The first kappa shape index (κ1) is 14.8. The predicted octanol–water partition coefficient (Wildman–Crippen LogP) is 0.276. The van der Waals surface area contributed by atoms with E-state index in [0.29, 0.717) is 11.1 Å². The Bertz CT molecular complexity index is 803. The molecule has 7 heteroatoms. The van der Waals surface area contributed by atoms with Crippen LogP contribution < -0.4 is 17.1 Å². The first-order valence-electron chi connectivity index (χ1n) is 6.44. The summed E-state index contributed by atoms with van der Waals surface area (Å²) >= 11 is 0. The number of aromatic nitrogens is 3. The summed E-state index contributed by atoms with van der Waals surface area (Å²) in [6, 6.07) is 4.90. The van der Waals surface area contributed by atoms with Crippen molar-refractivity contribution in [3.8, 4) is 5.75 Å². The fourth-order valence-electron chi connectivity index (χ4n) is 2.06. The summed E-state index contributed by atoms with van der Waals surface area (Å²) in [6.45, 7) is 5.86. The van der Waals surface area contributed by atoms with E-state index in [1.54, 1.807) is 12.1 Å². The van der Waals surface area contributed by atoms with Crippen molar-refractivity contribution in [2.24, 2.45) is 0 Å². The number of H-pyrrole nitrogens is 2. The van der Waals surface area contributed by atoms with Crippen LogP contribution in [0.1, 0.15) is 31.9 Å². The van der Waals surface area contributed by atoms with Gasteiger partial charge in [-0.25, -0.2) is 19.0 Å². The van der Waals surface area contributed by atoms with Crippen LogP contribution in [-0.4, -0.2) is 19.6 Å². The highest BCUT2D eigenvalue weighted by Crippen LogP contribution is 2.31. The van der Waals surface area contributed by atoms with Crippen LogP contribution in [0.4, 0.5) is 0 Å². The van der Waals surface area contributed by atoms with Gasteiger partial charge in [-0.15, -0.1) is 0 Å². The van der Waals surface area contributed by atoms with E-state index in [9.17, 15) is 19.5 Å². The fraction of sp³-hybridized carbons (Fsp3) is 0.357. The van der Waals surface area contributed by atoms with Crippen LogP contribution in [0.25, 0.3) is 0 Å². The monoisotopic (exact) mass is 291 g/mol. The Balaban J connectivity index is 2.49. The van der Waals surface area contributed by atoms with Crippen LogP contribution >= 0.6 is 0 Å². The highest BCUT2D eigenvalue weighted by molar-refractivity contribution is 5.40. The number of phenolic OH excluding ortho intramolecular Hbond substituents is 1. The van der Waals surface area contributed by atoms with E-state index < -0.39 is 17.1 Å². The molecule has 0 saturated heterocycles. The van der Waals surface area contributed by atoms with Crippen molar-refractivity contribution in [2.75, 3.05) is 0 Å². The van der Waals surface area contributed by atoms with Crippen molar-refractivity contribution < 1.29 is 5.11 Å². The van der Waals surface area contributed by atoms with Gasteiger partial charge < -0.3 is 5.11 Å². The number of nitrogens with zero attached hydrogens (tertiary/aromatic N) is 1. The van der Waals surface area contributed by atoms with Crippen molar-refractivity contribution in [3.63, 3.8) is 0 Å². The van der Waals surface area contributed by atoms with Gasteiger partial charge in [0.2, 0.25) is 0 Å². The minimum Gasteiger partial charge on any atom is -0.508 e. The number of phenols is 1. The number of nitrogens with one attached hydrogen (secondary N) is 2. The van der Waals surface area contributed by atoms with E-state index in [-0.39, 0.29) is 17.7 Å². The molecule has 1 aromatic heterocycles. The molecule has 2 aromatic rings. The van der Waals surface area contributed by atoms with Crippen molar-refractivity contribution >= 4 is 0 Å². The summed E-state index contributed by atoms with van der Waals surface area (Å²) in [6.07, 6.45) is 0. The summed E-state index contributed by atoms with van der Waals surface area (Å²) in [4.78, 5) is 38.3. The number of benzene rings is 1. The van der Waals surface area contributed by atoms with Gasteiger partial charge in [-0.3, -0.25) is 9.97 Å². The van der Waals surface area contributed by atoms with Gasteiger partial charge in [-0.2, -0.15) is 0 Å². The second kappa shape index (κ2) is 5.08. The summed E-state index contributed by atoms with van der Waals surface area (Å²) in [5, 5.41) is 9.90. The van der Waals surface area contributed by atoms with Crippen LogP contribution in [-0.2, 0) is 12.0 Å². The number of aromatic amines is 2. The van der Waals surface area contributed by atoms with E-state index in [1.807, 2.05) is 30.7 Å². The minimum atomic E-state index is -0.831. The van der Waals surface area contributed by atoms with Crippen LogP contribution in [0.3, 0.4) is 0 Å².